The Morgan fingerprint density at radius 3 is 2.84 bits per heavy atom. The summed E-state index contributed by atoms with van der Waals surface area (Å²) in [4.78, 5) is 28.4. The fourth-order valence-corrected chi connectivity index (χ4v) is 1.86. The summed E-state index contributed by atoms with van der Waals surface area (Å²) in [5.41, 5.74) is 11.2. The van der Waals surface area contributed by atoms with Crippen LogP contribution in [0.2, 0.25) is 0 Å². The van der Waals surface area contributed by atoms with Gasteiger partial charge in [0.25, 0.3) is 11.8 Å². The van der Waals surface area contributed by atoms with Crippen molar-refractivity contribution < 1.29 is 14.3 Å². The van der Waals surface area contributed by atoms with E-state index >= 15 is 0 Å². The van der Waals surface area contributed by atoms with Crippen LogP contribution in [0.3, 0.4) is 0 Å². The summed E-state index contributed by atoms with van der Waals surface area (Å²) in [5.74, 6) is -0.455. The van der Waals surface area contributed by atoms with Crippen molar-refractivity contribution in [3.05, 3.63) is 23.8 Å². The number of anilines is 1. The van der Waals surface area contributed by atoms with E-state index in [1.54, 1.807) is 23.1 Å². The fraction of sp³-hybridized carbons (Fsp3) is 0.250. The van der Waals surface area contributed by atoms with Crippen molar-refractivity contribution in [2.45, 2.75) is 6.92 Å². The maximum absolute atomic E-state index is 11.7. The van der Waals surface area contributed by atoms with Crippen LogP contribution in [0.5, 0.6) is 5.75 Å². The molecule has 0 radical (unpaired) electrons. The minimum absolute atomic E-state index is 0.00202. The highest BCUT2D eigenvalue weighted by Crippen LogP contribution is 2.32. The number of aliphatic imine (C=N–C) groups is 1. The Morgan fingerprint density at radius 2 is 2.21 bits per heavy atom. The molecule has 0 aliphatic carbocycles. The molecule has 7 heteroatoms. The van der Waals surface area contributed by atoms with E-state index in [0.29, 0.717) is 23.5 Å². The average Bonchev–Trinajstić information content (AvgIpc) is 2.37. The molecule has 100 valence electrons. The predicted molar refractivity (Wildman–Crippen MR) is 70.1 cm³/mol. The van der Waals surface area contributed by atoms with Crippen molar-refractivity contribution >= 4 is 23.5 Å². The molecule has 2 rings (SSSR count). The quantitative estimate of drug-likeness (QED) is 0.568. The number of ether oxygens (including phenoxy) is 1. The number of amides is 2. The van der Waals surface area contributed by atoms with E-state index in [1.807, 2.05) is 6.92 Å². The van der Waals surface area contributed by atoms with Crippen molar-refractivity contribution in [1.29, 1.82) is 0 Å². The Kier molecular flexibility index (Phi) is 3.37. The highest BCUT2D eigenvalue weighted by Gasteiger charge is 2.25. The first-order chi connectivity index (χ1) is 9.02. The van der Waals surface area contributed by atoms with E-state index in [1.165, 1.54) is 0 Å². The number of carbonyl (C=O) groups excluding carboxylic acids is 2. The molecule has 0 atom stereocenters. The number of likely N-dealkylation sites (N-methyl/N-ethyl adjacent to an activating group) is 1. The minimum Gasteiger partial charge on any atom is -0.482 e. The van der Waals surface area contributed by atoms with Crippen molar-refractivity contribution in [2.24, 2.45) is 16.5 Å². The molecule has 0 saturated carbocycles. The lowest BCUT2D eigenvalue weighted by Crippen LogP contribution is -2.38. The molecule has 1 aromatic rings. The Labute approximate surface area is 109 Å². The van der Waals surface area contributed by atoms with Crippen molar-refractivity contribution in [3.8, 4) is 5.75 Å². The molecule has 0 unspecified atom stereocenters. The summed E-state index contributed by atoms with van der Waals surface area (Å²) in [6.45, 7) is 2.34. The number of guanidine groups is 1. The zero-order chi connectivity index (χ0) is 14.0. The molecule has 1 heterocycles. The average molecular weight is 262 g/mol. The molecule has 1 aliphatic rings. The number of benzene rings is 1. The maximum Gasteiger partial charge on any atom is 0.280 e. The van der Waals surface area contributed by atoms with Gasteiger partial charge in [-0.15, -0.1) is 0 Å². The Morgan fingerprint density at radius 1 is 1.47 bits per heavy atom. The van der Waals surface area contributed by atoms with E-state index < -0.39 is 5.91 Å². The SMILES string of the molecule is CCN1C(=O)COc2ccc(C(=O)N=C(N)N)cc21. The van der Waals surface area contributed by atoms with Gasteiger partial charge in [-0.2, -0.15) is 4.99 Å². The molecule has 2 amide bonds. The molecule has 0 spiro atoms. The van der Waals surface area contributed by atoms with Crippen LogP contribution in [-0.4, -0.2) is 30.9 Å². The van der Waals surface area contributed by atoms with E-state index in [4.69, 9.17) is 16.2 Å². The molecular weight excluding hydrogens is 248 g/mol. The van der Waals surface area contributed by atoms with Crippen LogP contribution in [0.15, 0.2) is 23.2 Å². The highest BCUT2D eigenvalue weighted by atomic mass is 16.5. The number of nitrogens with two attached hydrogens (primary N) is 2. The van der Waals surface area contributed by atoms with Gasteiger partial charge in [-0.05, 0) is 25.1 Å². The fourth-order valence-electron chi connectivity index (χ4n) is 1.86. The van der Waals surface area contributed by atoms with E-state index in [2.05, 4.69) is 4.99 Å². The summed E-state index contributed by atoms with van der Waals surface area (Å²) in [7, 11) is 0. The van der Waals surface area contributed by atoms with E-state index in [0.717, 1.165) is 0 Å². The summed E-state index contributed by atoms with van der Waals surface area (Å²) in [6.07, 6.45) is 0. The highest BCUT2D eigenvalue weighted by molar-refractivity contribution is 6.04. The van der Waals surface area contributed by atoms with Crippen LogP contribution in [0.4, 0.5) is 5.69 Å². The van der Waals surface area contributed by atoms with Crippen LogP contribution >= 0.6 is 0 Å². The minimum atomic E-state index is -0.558. The smallest absolute Gasteiger partial charge is 0.280 e. The van der Waals surface area contributed by atoms with Crippen molar-refractivity contribution in [1.82, 2.24) is 0 Å². The molecule has 0 aromatic heterocycles. The number of nitrogens with zero attached hydrogens (tertiary/aromatic N) is 2. The lowest BCUT2D eigenvalue weighted by Gasteiger charge is -2.28. The van der Waals surface area contributed by atoms with Gasteiger partial charge in [0.2, 0.25) is 0 Å². The number of hydrogen-bond acceptors (Lipinski definition) is 3. The number of rotatable bonds is 2. The lowest BCUT2D eigenvalue weighted by atomic mass is 10.1. The van der Waals surface area contributed by atoms with Crippen LogP contribution < -0.4 is 21.1 Å². The predicted octanol–water partition coefficient (Wildman–Crippen LogP) is -0.154. The van der Waals surface area contributed by atoms with E-state index in [9.17, 15) is 9.59 Å². The zero-order valence-corrected chi connectivity index (χ0v) is 10.4. The third kappa shape index (κ3) is 2.49. The Balaban J connectivity index is 2.42. The third-order valence-electron chi connectivity index (χ3n) is 2.70. The van der Waals surface area contributed by atoms with Crippen LogP contribution in [0.25, 0.3) is 0 Å². The molecule has 19 heavy (non-hydrogen) atoms. The van der Waals surface area contributed by atoms with Crippen LogP contribution in [0.1, 0.15) is 17.3 Å². The second-order valence-corrected chi connectivity index (χ2v) is 3.95. The van der Waals surface area contributed by atoms with Gasteiger partial charge < -0.3 is 21.1 Å². The molecular formula is C12H14N4O3. The first-order valence-electron chi connectivity index (χ1n) is 5.74. The molecule has 4 N–H and O–H groups in total. The largest absolute Gasteiger partial charge is 0.482 e. The molecule has 1 aliphatic heterocycles. The van der Waals surface area contributed by atoms with Gasteiger partial charge in [0.15, 0.2) is 12.6 Å². The van der Waals surface area contributed by atoms with Gasteiger partial charge in [0.1, 0.15) is 5.75 Å². The topological polar surface area (TPSA) is 111 Å². The van der Waals surface area contributed by atoms with Gasteiger partial charge in [-0.1, -0.05) is 0 Å². The molecule has 1 aromatic carbocycles. The lowest BCUT2D eigenvalue weighted by molar-refractivity contribution is -0.121. The monoisotopic (exact) mass is 262 g/mol. The summed E-state index contributed by atoms with van der Waals surface area (Å²) >= 11 is 0. The van der Waals surface area contributed by atoms with Crippen molar-refractivity contribution in [3.63, 3.8) is 0 Å². The second kappa shape index (κ2) is 4.97. The Hall–Kier alpha value is -2.57. The second-order valence-electron chi connectivity index (χ2n) is 3.95. The standard InChI is InChI=1S/C12H14N4O3/c1-2-16-8-5-7(11(18)15-12(13)14)3-4-9(8)19-6-10(16)17/h3-5H,2,6H2,1H3,(H4,13,14,15,18). The van der Waals surface area contributed by atoms with Gasteiger partial charge in [0, 0.05) is 12.1 Å². The molecule has 0 fully saturated rings. The summed E-state index contributed by atoms with van der Waals surface area (Å²) in [6, 6.07) is 4.72. The molecule has 0 saturated heterocycles. The van der Waals surface area contributed by atoms with E-state index in [-0.39, 0.29) is 18.5 Å². The summed E-state index contributed by atoms with van der Waals surface area (Å²) in [5, 5.41) is 0. The van der Waals surface area contributed by atoms with Crippen LogP contribution in [0, 0.1) is 0 Å². The normalized spacial score (nSPS) is 13.5. The van der Waals surface area contributed by atoms with Gasteiger partial charge in [0.05, 0.1) is 5.69 Å². The zero-order valence-electron chi connectivity index (χ0n) is 10.4. The number of fused-ring (bicyclic) bond motifs is 1. The first kappa shape index (κ1) is 12.9. The first-order valence-corrected chi connectivity index (χ1v) is 5.74. The maximum atomic E-state index is 11.7. The number of carbonyl (C=O) groups is 2. The van der Waals surface area contributed by atoms with Gasteiger partial charge in [-0.3, -0.25) is 9.59 Å². The summed E-state index contributed by atoms with van der Waals surface area (Å²) < 4.78 is 5.30. The number of hydrogen-bond donors (Lipinski definition) is 2. The Bertz CT molecular complexity index is 564. The molecule has 7 nitrogen and oxygen atoms in total. The van der Waals surface area contributed by atoms with Gasteiger partial charge >= 0.3 is 0 Å². The van der Waals surface area contributed by atoms with Crippen molar-refractivity contribution in [2.75, 3.05) is 18.1 Å². The van der Waals surface area contributed by atoms with Crippen LogP contribution in [-0.2, 0) is 4.79 Å². The van der Waals surface area contributed by atoms with Gasteiger partial charge in [-0.25, -0.2) is 0 Å². The molecule has 0 bridgehead atoms. The third-order valence-corrected chi connectivity index (χ3v) is 2.70.